The van der Waals surface area contributed by atoms with Crippen LogP contribution >= 0.6 is 11.6 Å². The molecule has 0 N–H and O–H groups in total. The highest BCUT2D eigenvalue weighted by Gasteiger charge is 2.31. The molecule has 25 heavy (non-hydrogen) atoms. The van der Waals surface area contributed by atoms with Crippen LogP contribution in [0.15, 0.2) is 12.3 Å². The second-order valence-corrected chi connectivity index (χ2v) is 7.37. The average molecular weight is 370 g/mol. The first-order chi connectivity index (χ1) is 11.6. The van der Waals surface area contributed by atoms with Gasteiger partial charge in [-0.3, -0.25) is 0 Å². The molecule has 1 aromatic heterocycles. The molecule has 0 aromatic carbocycles. The summed E-state index contributed by atoms with van der Waals surface area (Å²) in [4.78, 5) is 31.9. The maximum absolute atomic E-state index is 12.3. The summed E-state index contributed by atoms with van der Waals surface area (Å²) < 4.78 is 10.3. The first-order valence-corrected chi connectivity index (χ1v) is 8.48. The zero-order valence-electron chi connectivity index (χ0n) is 15.2. The van der Waals surface area contributed by atoms with Crippen LogP contribution in [0.3, 0.4) is 0 Å². The third-order valence-electron chi connectivity index (χ3n) is 3.84. The number of halogens is 1. The Morgan fingerprint density at radius 2 is 2.00 bits per heavy atom. The standard InChI is InChI=1S/C17H24ClN3O4/c1-11-10-20(16(23)25-17(2,3)4)6-7-21(11)13-8-14(18)19-9-12(13)15(22)24-5/h8-9,11H,6-7,10H2,1-5H3. The Labute approximate surface area is 152 Å². The lowest BCUT2D eigenvalue weighted by Crippen LogP contribution is -2.55. The van der Waals surface area contributed by atoms with Crippen molar-refractivity contribution in [2.24, 2.45) is 0 Å². The summed E-state index contributed by atoms with van der Waals surface area (Å²) in [5.74, 6) is -0.471. The van der Waals surface area contributed by atoms with E-state index in [4.69, 9.17) is 21.1 Å². The molecule has 1 amide bonds. The molecule has 7 nitrogen and oxygen atoms in total. The highest BCUT2D eigenvalue weighted by Crippen LogP contribution is 2.28. The molecule has 1 atom stereocenters. The molecule has 2 heterocycles. The van der Waals surface area contributed by atoms with E-state index in [0.717, 1.165) is 0 Å². The zero-order valence-corrected chi connectivity index (χ0v) is 16.0. The van der Waals surface area contributed by atoms with Gasteiger partial charge in [0.2, 0.25) is 0 Å². The Hall–Kier alpha value is -2.02. The monoisotopic (exact) mass is 369 g/mol. The van der Waals surface area contributed by atoms with Crippen LogP contribution in [0.25, 0.3) is 0 Å². The number of pyridine rings is 1. The summed E-state index contributed by atoms with van der Waals surface area (Å²) in [5.41, 5.74) is 0.473. The Bertz CT molecular complexity index is 660. The summed E-state index contributed by atoms with van der Waals surface area (Å²) in [6.45, 7) is 9.01. The maximum Gasteiger partial charge on any atom is 0.410 e. The second kappa shape index (κ2) is 7.47. The smallest absolute Gasteiger partial charge is 0.410 e. The first kappa shape index (κ1) is 19.3. The minimum absolute atomic E-state index is 0.0249. The van der Waals surface area contributed by atoms with Gasteiger partial charge in [-0.05, 0) is 33.8 Å². The van der Waals surface area contributed by atoms with E-state index in [-0.39, 0.29) is 12.1 Å². The molecule has 2 rings (SSSR count). The molecule has 0 aliphatic carbocycles. The van der Waals surface area contributed by atoms with E-state index < -0.39 is 11.6 Å². The number of hydrogen-bond donors (Lipinski definition) is 0. The minimum Gasteiger partial charge on any atom is -0.465 e. The Kier molecular flexibility index (Phi) is 5.77. The predicted molar refractivity (Wildman–Crippen MR) is 95.2 cm³/mol. The van der Waals surface area contributed by atoms with Crippen LogP contribution in [-0.2, 0) is 9.47 Å². The number of methoxy groups -OCH3 is 1. The van der Waals surface area contributed by atoms with Crippen molar-refractivity contribution in [1.82, 2.24) is 9.88 Å². The number of carbonyl (C=O) groups is 2. The van der Waals surface area contributed by atoms with Gasteiger partial charge in [-0.25, -0.2) is 14.6 Å². The molecule has 0 bridgehead atoms. The number of nitrogens with zero attached hydrogens (tertiary/aromatic N) is 3. The SMILES string of the molecule is COC(=O)c1cnc(Cl)cc1N1CCN(C(=O)OC(C)(C)C)CC1C. The topological polar surface area (TPSA) is 72.0 Å². The van der Waals surface area contributed by atoms with Crippen molar-refractivity contribution in [3.8, 4) is 0 Å². The number of ether oxygens (including phenoxy) is 2. The number of anilines is 1. The maximum atomic E-state index is 12.3. The van der Waals surface area contributed by atoms with Gasteiger partial charge in [0.1, 0.15) is 16.3 Å². The number of rotatable bonds is 2. The Balaban J connectivity index is 2.18. The van der Waals surface area contributed by atoms with E-state index in [1.807, 2.05) is 32.6 Å². The lowest BCUT2D eigenvalue weighted by atomic mass is 10.1. The van der Waals surface area contributed by atoms with Gasteiger partial charge in [0.15, 0.2) is 0 Å². The van der Waals surface area contributed by atoms with Gasteiger partial charge in [-0.15, -0.1) is 0 Å². The van der Waals surface area contributed by atoms with Gasteiger partial charge in [0.25, 0.3) is 0 Å². The number of piperazine rings is 1. The van der Waals surface area contributed by atoms with Crippen LogP contribution in [0.2, 0.25) is 5.15 Å². The third-order valence-corrected chi connectivity index (χ3v) is 4.05. The van der Waals surface area contributed by atoms with Crippen LogP contribution in [0, 0.1) is 0 Å². The van der Waals surface area contributed by atoms with Gasteiger partial charge in [-0.2, -0.15) is 0 Å². The molecule has 0 spiro atoms. The molecule has 1 aliphatic rings. The fourth-order valence-corrected chi connectivity index (χ4v) is 2.89. The van der Waals surface area contributed by atoms with Gasteiger partial charge in [0, 0.05) is 31.9 Å². The van der Waals surface area contributed by atoms with E-state index in [1.54, 1.807) is 11.0 Å². The molecule has 1 aliphatic heterocycles. The Morgan fingerprint density at radius 3 is 2.56 bits per heavy atom. The number of hydrogen-bond acceptors (Lipinski definition) is 6. The summed E-state index contributed by atoms with van der Waals surface area (Å²) in [5, 5.41) is 0.296. The molecule has 1 fully saturated rings. The molecular weight excluding hydrogens is 346 g/mol. The average Bonchev–Trinajstić information content (AvgIpc) is 2.52. The van der Waals surface area contributed by atoms with Gasteiger partial charge < -0.3 is 19.3 Å². The van der Waals surface area contributed by atoms with E-state index in [1.165, 1.54) is 13.3 Å². The Morgan fingerprint density at radius 1 is 1.32 bits per heavy atom. The highest BCUT2D eigenvalue weighted by molar-refractivity contribution is 6.29. The van der Waals surface area contributed by atoms with Crippen molar-refractivity contribution in [2.45, 2.75) is 39.3 Å². The molecule has 1 unspecified atom stereocenters. The number of carbonyl (C=O) groups excluding carboxylic acids is 2. The van der Waals surface area contributed by atoms with Crippen molar-refractivity contribution in [3.05, 3.63) is 23.0 Å². The van der Waals surface area contributed by atoms with Crippen LogP contribution in [-0.4, -0.2) is 60.3 Å². The molecule has 1 saturated heterocycles. The number of aromatic nitrogens is 1. The lowest BCUT2D eigenvalue weighted by Gasteiger charge is -2.41. The van der Waals surface area contributed by atoms with Crippen molar-refractivity contribution in [2.75, 3.05) is 31.6 Å². The van der Waals surface area contributed by atoms with Crippen LogP contribution < -0.4 is 4.90 Å². The summed E-state index contributed by atoms with van der Waals surface area (Å²) in [6.07, 6.45) is 1.08. The van der Waals surface area contributed by atoms with Crippen molar-refractivity contribution < 1.29 is 19.1 Å². The van der Waals surface area contributed by atoms with Gasteiger partial charge in [-0.1, -0.05) is 11.6 Å². The quantitative estimate of drug-likeness (QED) is 0.589. The third kappa shape index (κ3) is 4.75. The largest absolute Gasteiger partial charge is 0.465 e. The van der Waals surface area contributed by atoms with Crippen molar-refractivity contribution >= 4 is 29.4 Å². The molecule has 138 valence electrons. The minimum atomic E-state index is -0.534. The molecule has 8 heteroatoms. The predicted octanol–water partition coefficient (Wildman–Crippen LogP) is 2.97. The fraction of sp³-hybridized carbons (Fsp3) is 0.588. The number of amides is 1. The van der Waals surface area contributed by atoms with E-state index in [9.17, 15) is 9.59 Å². The molecule has 0 radical (unpaired) electrons. The normalized spacial score (nSPS) is 18.1. The van der Waals surface area contributed by atoms with E-state index >= 15 is 0 Å². The summed E-state index contributed by atoms with van der Waals surface area (Å²) >= 11 is 6.01. The van der Waals surface area contributed by atoms with Crippen LogP contribution in [0.5, 0.6) is 0 Å². The molecule has 1 aromatic rings. The molecule has 0 saturated carbocycles. The highest BCUT2D eigenvalue weighted by atomic mass is 35.5. The van der Waals surface area contributed by atoms with E-state index in [0.29, 0.717) is 36.0 Å². The van der Waals surface area contributed by atoms with Crippen molar-refractivity contribution in [1.29, 1.82) is 0 Å². The van der Waals surface area contributed by atoms with E-state index in [2.05, 4.69) is 4.98 Å². The van der Waals surface area contributed by atoms with Crippen LogP contribution in [0.1, 0.15) is 38.1 Å². The molecular formula is C17H24ClN3O4. The lowest BCUT2D eigenvalue weighted by molar-refractivity contribution is 0.0218. The second-order valence-electron chi connectivity index (χ2n) is 6.98. The zero-order chi connectivity index (χ0) is 18.8. The first-order valence-electron chi connectivity index (χ1n) is 8.11. The fourth-order valence-electron chi connectivity index (χ4n) is 2.73. The van der Waals surface area contributed by atoms with Crippen molar-refractivity contribution in [3.63, 3.8) is 0 Å². The van der Waals surface area contributed by atoms with Crippen LogP contribution in [0.4, 0.5) is 10.5 Å². The number of esters is 1. The summed E-state index contributed by atoms with van der Waals surface area (Å²) in [6, 6.07) is 1.62. The van der Waals surface area contributed by atoms with Gasteiger partial charge in [0.05, 0.1) is 12.8 Å². The van der Waals surface area contributed by atoms with Gasteiger partial charge >= 0.3 is 12.1 Å². The summed E-state index contributed by atoms with van der Waals surface area (Å²) in [7, 11) is 1.32.